The summed E-state index contributed by atoms with van der Waals surface area (Å²) < 4.78 is 0. The average Bonchev–Trinajstić information content (AvgIpc) is 2.36. The van der Waals surface area contributed by atoms with Crippen LogP contribution >= 0.6 is 11.6 Å². The van der Waals surface area contributed by atoms with Crippen molar-refractivity contribution in [3.8, 4) is 0 Å². The first kappa shape index (κ1) is 17.0. The summed E-state index contributed by atoms with van der Waals surface area (Å²) in [5, 5.41) is 0.600. The van der Waals surface area contributed by atoms with Crippen molar-refractivity contribution in [3.05, 3.63) is 34.3 Å². The summed E-state index contributed by atoms with van der Waals surface area (Å²) in [6.45, 7) is 10.1. The van der Waals surface area contributed by atoms with Gasteiger partial charge in [-0.2, -0.15) is 0 Å². The lowest BCUT2D eigenvalue weighted by Crippen LogP contribution is -2.42. The van der Waals surface area contributed by atoms with Gasteiger partial charge in [-0.1, -0.05) is 32.4 Å². The Labute approximate surface area is 127 Å². The summed E-state index contributed by atoms with van der Waals surface area (Å²) in [6.07, 6.45) is 0.923. The lowest BCUT2D eigenvalue weighted by atomic mass is 9.92. The Bertz CT molecular complexity index is 451. The van der Waals surface area contributed by atoms with Gasteiger partial charge in [-0.15, -0.1) is 0 Å². The van der Waals surface area contributed by atoms with Gasteiger partial charge in [0.25, 0.3) is 5.91 Å². The Morgan fingerprint density at radius 1 is 1.35 bits per heavy atom. The standard InChI is InChI=1S/C16H25ClN2O/c1-5-6-19(11-16(3,4)10-18)15(20)13-7-12(2)8-14(17)9-13/h7-9H,5-6,10-11,18H2,1-4H3. The van der Waals surface area contributed by atoms with E-state index < -0.39 is 0 Å². The number of aryl methyl sites for hydroxylation is 1. The van der Waals surface area contributed by atoms with Crippen LogP contribution in [0.4, 0.5) is 0 Å². The van der Waals surface area contributed by atoms with Crippen LogP contribution < -0.4 is 5.73 Å². The number of nitrogens with two attached hydrogens (primary N) is 1. The number of carbonyl (C=O) groups is 1. The molecule has 0 spiro atoms. The third-order valence-corrected chi connectivity index (χ3v) is 3.46. The van der Waals surface area contributed by atoms with Crippen molar-refractivity contribution in [3.63, 3.8) is 0 Å². The molecule has 0 saturated heterocycles. The molecule has 112 valence electrons. The normalized spacial score (nSPS) is 11.5. The average molecular weight is 297 g/mol. The van der Waals surface area contributed by atoms with E-state index in [0.717, 1.165) is 18.5 Å². The molecular formula is C16H25ClN2O. The Morgan fingerprint density at radius 3 is 2.50 bits per heavy atom. The molecule has 0 aliphatic carbocycles. The number of hydrogen-bond donors (Lipinski definition) is 1. The lowest BCUT2D eigenvalue weighted by molar-refractivity contribution is 0.0689. The quantitative estimate of drug-likeness (QED) is 0.873. The van der Waals surface area contributed by atoms with Gasteiger partial charge in [0.1, 0.15) is 0 Å². The molecule has 0 aliphatic rings. The van der Waals surface area contributed by atoms with Crippen LogP contribution in [0.15, 0.2) is 18.2 Å². The molecule has 0 heterocycles. The van der Waals surface area contributed by atoms with Crippen molar-refractivity contribution >= 4 is 17.5 Å². The van der Waals surface area contributed by atoms with Crippen LogP contribution in [-0.2, 0) is 0 Å². The fourth-order valence-electron chi connectivity index (χ4n) is 2.15. The van der Waals surface area contributed by atoms with Gasteiger partial charge in [-0.05, 0) is 49.1 Å². The van der Waals surface area contributed by atoms with Crippen molar-refractivity contribution < 1.29 is 4.79 Å². The van der Waals surface area contributed by atoms with Crippen molar-refractivity contribution in [2.75, 3.05) is 19.6 Å². The Hall–Kier alpha value is -1.06. The highest BCUT2D eigenvalue weighted by molar-refractivity contribution is 6.31. The zero-order valence-corrected chi connectivity index (χ0v) is 13.6. The number of benzene rings is 1. The summed E-state index contributed by atoms with van der Waals surface area (Å²) in [7, 11) is 0. The maximum absolute atomic E-state index is 12.7. The van der Waals surface area contributed by atoms with E-state index in [1.165, 1.54) is 0 Å². The topological polar surface area (TPSA) is 46.3 Å². The summed E-state index contributed by atoms with van der Waals surface area (Å²) in [6, 6.07) is 5.47. The Balaban J connectivity index is 2.99. The second-order valence-corrected chi connectivity index (χ2v) is 6.55. The first-order valence-electron chi connectivity index (χ1n) is 7.05. The van der Waals surface area contributed by atoms with Gasteiger partial charge in [-0.25, -0.2) is 0 Å². The maximum Gasteiger partial charge on any atom is 0.253 e. The number of carbonyl (C=O) groups excluding carboxylic acids is 1. The summed E-state index contributed by atoms with van der Waals surface area (Å²) >= 11 is 6.05. The van der Waals surface area contributed by atoms with Crippen molar-refractivity contribution in [1.29, 1.82) is 0 Å². The zero-order valence-electron chi connectivity index (χ0n) is 12.9. The Morgan fingerprint density at radius 2 is 2.00 bits per heavy atom. The smallest absolute Gasteiger partial charge is 0.253 e. The largest absolute Gasteiger partial charge is 0.338 e. The first-order valence-corrected chi connectivity index (χ1v) is 7.43. The number of rotatable bonds is 6. The monoisotopic (exact) mass is 296 g/mol. The molecule has 1 aromatic rings. The van der Waals surface area contributed by atoms with E-state index >= 15 is 0 Å². The molecule has 0 aliphatic heterocycles. The van der Waals surface area contributed by atoms with E-state index in [9.17, 15) is 4.79 Å². The minimum atomic E-state index is -0.0849. The fourth-order valence-corrected chi connectivity index (χ4v) is 2.44. The maximum atomic E-state index is 12.7. The van der Waals surface area contributed by atoms with E-state index in [2.05, 4.69) is 20.8 Å². The molecule has 0 atom stereocenters. The van der Waals surface area contributed by atoms with Crippen LogP contribution in [-0.4, -0.2) is 30.4 Å². The number of amides is 1. The predicted octanol–water partition coefficient (Wildman–Crippen LogP) is 3.49. The van der Waals surface area contributed by atoms with Gasteiger partial charge >= 0.3 is 0 Å². The summed E-state index contributed by atoms with van der Waals surface area (Å²) in [5.74, 6) is 0.0268. The minimum absolute atomic E-state index is 0.0268. The molecule has 0 fully saturated rings. The van der Waals surface area contributed by atoms with E-state index in [0.29, 0.717) is 23.7 Å². The molecule has 1 aromatic carbocycles. The molecule has 0 radical (unpaired) electrons. The van der Waals surface area contributed by atoms with Gasteiger partial charge < -0.3 is 10.6 Å². The molecule has 1 rings (SSSR count). The van der Waals surface area contributed by atoms with Crippen LogP contribution in [0, 0.1) is 12.3 Å². The van der Waals surface area contributed by atoms with E-state index in [4.69, 9.17) is 17.3 Å². The highest BCUT2D eigenvalue weighted by Crippen LogP contribution is 2.20. The predicted molar refractivity (Wildman–Crippen MR) is 85.2 cm³/mol. The van der Waals surface area contributed by atoms with Gasteiger partial charge in [0.15, 0.2) is 0 Å². The fraction of sp³-hybridized carbons (Fsp3) is 0.562. The van der Waals surface area contributed by atoms with Crippen molar-refractivity contribution in [2.45, 2.75) is 34.1 Å². The van der Waals surface area contributed by atoms with E-state index in [1.807, 2.05) is 24.0 Å². The molecule has 0 unspecified atom stereocenters. The molecule has 0 aromatic heterocycles. The number of halogens is 1. The third-order valence-electron chi connectivity index (χ3n) is 3.24. The molecule has 0 saturated carbocycles. The molecule has 1 amide bonds. The van der Waals surface area contributed by atoms with Crippen LogP contribution in [0.5, 0.6) is 0 Å². The number of hydrogen-bond acceptors (Lipinski definition) is 2. The summed E-state index contributed by atoms with van der Waals surface area (Å²) in [5.41, 5.74) is 7.34. The SMILES string of the molecule is CCCN(CC(C)(C)CN)C(=O)c1cc(C)cc(Cl)c1. The van der Waals surface area contributed by atoms with Crippen LogP contribution in [0.25, 0.3) is 0 Å². The Kier molecular flexibility index (Phi) is 6.03. The van der Waals surface area contributed by atoms with Crippen LogP contribution in [0.3, 0.4) is 0 Å². The molecule has 20 heavy (non-hydrogen) atoms. The van der Waals surface area contributed by atoms with Gasteiger partial charge in [0, 0.05) is 23.7 Å². The molecule has 4 heteroatoms. The molecular weight excluding hydrogens is 272 g/mol. The van der Waals surface area contributed by atoms with Crippen LogP contribution in [0.2, 0.25) is 5.02 Å². The minimum Gasteiger partial charge on any atom is -0.338 e. The van der Waals surface area contributed by atoms with Crippen molar-refractivity contribution in [1.82, 2.24) is 4.90 Å². The highest BCUT2D eigenvalue weighted by Gasteiger charge is 2.24. The van der Waals surface area contributed by atoms with Crippen LogP contribution in [0.1, 0.15) is 43.1 Å². The van der Waals surface area contributed by atoms with Gasteiger partial charge in [-0.3, -0.25) is 4.79 Å². The number of nitrogens with zero attached hydrogens (tertiary/aromatic N) is 1. The first-order chi connectivity index (χ1) is 9.29. The third kappa shape index (κ3) is 4.80. The van der Waals surface area contributed by atoms with Gasteiger partial charge in [0.2, 0.25) is 0 Å². The van der Waals surface area contributed by atoms with E-state index in [-0.39, 0.29) is 11.3 Å². The van der Waals surface area contributed by atoms with E-state index in [1.54, 1.807) is 6.07 Å². The molecule has 3 nitrogen and oxygen atoms in total. The highest BCUT2D eigenvalue weighted by atomic mass is 35.5. The second kappa shape index (κ2) is 7.09. The van der Waals surface area contributed by atoms with Crippen molar-refractivity contribution in [2.24, 2.45) is 11.1 Å². The molecule has 0 bridgehead atoms. The summed E-state index contributed by atoms with van der Waals surface area (Å²) in [4.78, 5) is 14.5. The molecule has 2 N–H and O–H groups in total. The lowest BCUT2D eigenvalue weighted by Gasteiger charge is -2.32. The zero-order chi connectivity index (χ0) is 15.3. The van der Waals surface area contributed by atoms with Gasteiger partial charge in [0.05, 0.1) is 0 Å². The second-order valence-electron chi connectivity index (χ2n) is 6.11.